The van der Waals surface area contributed by atoms with Crippen molar-refractivity contribution >= 4 is 23.3 Å². The minimum atomic E-state index is 0.381. The van der Waals surface area contributed by atoms with Gasteiger partial charge in [0.1, 0.15) is 0 Å². The van der Waals surface area contributed by atoms with Gasteiger partial charge in [0, 0.05) is 13.2 Å². The average molecular weight is 262 g/mol. The number of rotatable bonds is 2. The zero-order valence-corrected chi connectivity index (χ0v) is 11.6. The number of benzene rings is 1. The Morgan fingerprint density at radius 2 is 2.22 bits per heavy atom. The van der Waals surface area contributed by atoms with Crippen LogP contribution >= 0.6 is 12.2 Å². The van der Waals surface area contributed by atoms with Crippen LogP contribution in [0.5, 0.6) is 0 Å². The summed E-state index contributed by atoms with van der Waals surface area (Å²) in [5.41, 5.74) is 3.64. The Labute approximate surface area is 112 Å². The molecule has 1 saturated carbocycles. The molecule has 18 heavy (non-hydrogen) atoms. The molecular weight excluding hydrogens is 244 g/mol. The van der Waals surface area contributed by atoms with Crippen molar-refractivity contribution in [2.75, 3.05) is 7.11 Å². The summed E-state index contributed by atoms with van der Waals surface area (Å²) in [6.45, 7) is 2.12. The monoisotopic (exact) mass is 262 g/mol. The number of ether oxygens (including phenoxy) is 1. The molecule has 0 amide bonds. The van der Waals surface area contributed by atoms with Gasteiger partial charge in [-0.2, -0.15) is 0 Å². The number of aryl methyl sites for hydroxylation is 1. The number of hydrogen-bond acceptors (Lipinski definition) is 2. The van der Waals surface area contributed by atoms with Crippen molar-refractivity contribution in [2.24, 2.45) is 0 Å². The molecule has 0 radical (unpaired) electrons. The van der Waals surface area contributed by atoms with Gasteiger partial charge in [0.05, 0.1) is 17.1 Å². The first-order chi connectivity index (χ1) is 8.70. The van der Waals surface area contributed by atoms with Crippen molar-refractivity contribution in [3.63, 3.8) is 0 Å². The first kappa shape index (κ1) is 11.9. The maximum atomic E-state index is 5.49. The lowest BCUT2D eigenvalue weighted by Gasteiger charge is -2.13. The molecule has 1 aliphatic rings. The van der Waals surface area contributed by atoms with E-state index in [1.54, 1.807) is 7.11 Å². The van der Waals surface area contributed by atoms with Gasteiger partial charge < -0.3 is 14.3 Å². The number of para-hydroxylation sites is 1. The van der Waals surface area contributed by atoms with Crippen LogP contribution in [0.4, 0.5) is 0 Å². The summed E-state index contributed by atoms with van der Waals surface area (Å²) in [7, 11) is 1.80. The van der Waals surface area contributed by atoms with Gasteiger partial charge in [-0.25, -0.2) is 0 Å². The molecule has 1 aromatic heterocycles. The van der Waals surface area contributed by atoms with E-state index in [0.29, 0.717) is 12.1 Å². The summed E-state index contributed by atoms with van der Waals surface area (Å²) in [6.07, 6.45) is 3.72. The minimum absolute atomic E-state index is 0.381. The second-order valence-corrected chi connectivity index (χ2v) is 5.48. The molecule has 2 atom stereocenters. The highest BCUT2D eigenvalue weighted by Crippen LogP contribution is 2.34. The highest BCUT2D eigenvalue weighted by atomic mass is 32.1. The van der Waals surface area contributed by atoms with Crippen LogP contribution in [0.3, 0.4) is 0 Å². The van der Waals surface area contributed by atoms with Gasteiger partial charge in [0.15, 0.2) is 4.77 Å². The number of nitrogens with one attached hydrogen (secondary N) is 1. The predicted molar refractivity (Wildman–Crippen MR) is 75.5 cm³/mol. The van der Waals surface area contributed by atoms with Gasteiger partial charge in [0.2, 0.25) is 0 Å². The molecule has 0 spiro atoms. The topological polar surface area (TPSA) is 29.9 Å². The fourth-order valence-electron chi connectivity index (χ4n) is 3.02. The third-order valence-corrected chi connectivity index (χ3v) is 4.32. The van der Waals surface area contributed by atoms with E-state index in [0.717, 1.165) is 24.0 Å². The highest BCUT2D eigenvalue weighted by Gasteiger charge is 2.27. The van der Waals surface area contributed by atoms with Gasteiger partial charge in [-0.1, -0.05) is 12.1 Å². The molecular formula is C14H18N2OS. The van der Waals surface area contributed by atoms with Gasteiger partial charge in [-0.05, 0) is 50.0 Å². The molecule has 0 bridgehead atoms. The van der Waals surface area contributed by atoms with E-state index in [4.69, 9.17) is 17.0 Å². The van der Waals surface area contributed by atoms with E-state index in [1.807, 2.05) is 0 Å². The fraction of sp³-hybridized carbons (Fsp3) is 0.500. The van der Waals surface area contributed by atoms with Crippen molar-refractivity contribution in [3.05, 3.63) is 28.5 Å². The van der Waals surface area contributed by atoms with E-state index < -0.39 is 0 Å². The van der Waals surface area contributed by atoms with Crippen LogP contribution in [-0.4, -0.2) is 22.8 Å². The fourth-order valence-corrected chi connectivity index (χ4v) is 3.37. The lowest BCUT2D eigenvalue weighted by atomic mass is 10.2. The smallest absolute Gasteiger partial charge is 0.178 e. The first-order valence-corrected chi connectivity index (χ1v) is 6.84. The maximum Gasteiger partial charge on any atom is 0.178 e. The van der Waals surface area contributed by atoms with Crippen LogP contribution in [0, 0.1) is 11.7 Å². The lowest BCUT2D eigenvalue weighted by molar-refractivity contribution is 0.106. The third kappa shape index (κ3) is 1.80. The highest BCUT2D eigenvalue weighted by molar-refractivity contribution is 7.71. The van der Waals surface area contributed by atoms with E-state index in [-0.39, 0.29) is 0 Å². The molecule has 2 unspecified atom stereocenters. The van der Waals surface area contributed by atoms with Crippen LogP contribution in [0.15, 0.2) is 18.2 Å². The summed E-state index contributed by atoms with van der Waals surface area (Å²) in [5.74, 6) is 0. The summed E-state index contributed by atoms with van der Waals surface area (Å²) in [4.78, 5) is 3.34. The quantitative estimate of drug-likeness (QED) is 0.835. The SMILES string of the molecule is COC1CCC(n2c(=S)[nH]c3c(C)cccc32)C1. The van der Waals surface area contributed by atoms with Crippen LogP contribution in [0.1, 0.15) is 30.9 Å². The largest absolute Gasteiger partial charge is 0.381 e. The normalized spacial score (nSPS) is 23.9. The number of H-pyrrole nitrogens is 1. The number of methoxy groups -OCH3 is 1. The molecule has 1 aromatic carbocycles. The molecule has 96 valence electrons. The zero-order valence-electron chi connectivity index (χ0n) is 10.8. The van der Waals surface area contributed by atoms with Crippen molar-refractivity contribution in [3.8, 4) is 0 Å². The Balaban J connectivity index is 2.10. The Morgan fingerprint density at radius 3 is 2.94 bits per heavy atom. The minimum Gasteiger partial charge on any atom is -0.381 e. The standard InChI is InChI=1S/C14H18N2OS/c1-9-4-3-5-12-13(9)15-14(18)16(12)10-6-7-11(8-10)17-2/h3-5,10-11H,6-8H2,1-2H3,(H,15,18). The maximum absolute atomic E-state index is 5.49. The number of imidazole rings is 1. The van der Waals surface area contributed by atoms with Crippen molar-refractivity contribution in [1.29, 1.82) is 0 Å². The van der Waals surface area contributed by atoms with Gasteiger partial charge in [-0.3, -0.25) is 0 Å². The Bertz CT molecular complexity index is 628. The zero-order chi connectivity index (χ0) is 12.7. The summed E-state index contributed by atoms with van der Waals surface area (Å²) >= 11 is 5.49. The average Bonchev–Trinajstić information content (AvgIpc) is 2.93. The summed E-state index contributed by atoms with van der Waals surface area (Å²) < 4.78 is 8.57. The van der Waals surface area contributed by atoms with Crippen molar-refractivity contribution in [2.45, 2.75) is 38.3 Å². The molecule has 1 N–H and O–H groups in total. The number of hydrogen-bond donors (Lipinski definition) is 1. The van der Waals surface area contributed by atoms with Gasteiger partial charge in [-0.15, -0.1) is 0 Å². The second kappa shape index (κ2) is 4.52. The molecule has 3 nitrogen and oxygen atoms in total. The van der Waals surface area contributed by atoms with Gasteiger partial charge in [0.25, 0.3) is 0 Å². The molecule has 1 heterocycles. The van der Waals surface area contributed by atoms with Crippen molar-refractivity contribution < 1.29 is 4.74 Å². The summed E-state index contributed by atoms with van der Waals surface area (Å²) in [6, 6.07) is 6.83. The van der Waals surface area contributed by atoms with Crippen LogP contribution in [0.25, 0.3) is 11.0 Å². The molecule has 0 saturated heterocycles. The van der Waals surface area contributed by atoms with E-state index >= 15 is 0 Å². The molecule has 0 aliphatic heterocycles. The van der Waals surface area contributed by atoms with E-state index in [9.17, 15) is 0 Å². The Hall–Kier alpha value is -1.13. The van der Waals surface area contributed by atoms with Crippen molar-refractivity contribution in [1.82, 2.24) is 9.55 Å². The first-order valence-electron chi connectivity index (χ1n) is 6.43. The van der Waals surface area contributed by atoms with E-state index in [2.05, 4.69) is 34.7 Å². The Morgan fingerprint density at radius 1 is 1.39 bits per heavy atom. The number of fused-ring (bicyclic) bond motifs is 1. The van der Waals surface area contributed by atoms with Gasteiger partial charge >= 0.3 is 0 Å². The third-order valence-electron chi connectivity index (χ3n) is 4.02. The molecule has 2 aromatic rings. The summed E-state index contributed by atoms with van der Waals surface area (Å²) in [5, 5.41) is 0. The molecule has 1 aliphatic carbocycles. The predicted octanol–water partition coefficient (Wildman–Crippen LogP) is 3.75. The molecule has 3 rings (SSSR count). The molecule has 4 heteroatoms. The van der Waals surface area contributed by atoms with Crippen LogP contribution in [0.2, 0.25) is 0 Å². The molecule has 1 fully saturated rings. The Kier molecular flexibility index (Phi) is 2.99. The van der Waals surface area contributed by atoms with Crippen LogP contribution < -0.4 is 0 Å². The second-order valence-electron chi connectivity index (χ2n) is 5.09. The van der Waals surface area contributed by atoms with Crippen LogP contribution in [-0.2, 0) is 4.74 Å². The lowest BCUT2D eigenvalue weighted by Crippen LogP contribution is -2.09. The van der Waals surface area contributed by atoms with E-state index in [1.165, 1.54) is 16.6 Å². The number of aromatic amines is 1. The number of nitrogens with zero attached hydrogens (tertiary/aromatic N) is 1. The number of aromatic nitrogens is 2.